The van der Waals surface area contributed by atoms with Gasteiger partial charge in [0, 0.05) is 5.56 Å². The molecular formula is C26H21N5O3. The zero-order valence-electron chi connectivity index (χ0n) is 18.6. The van der Waals surface area contributed by atoms with Gasteiger partial charge in [0.2, 0.25) is 0 Å². The van der Waals surface area contributed by atoms with Crippen LogP contribution in [0, 0.1) is 13.8 Å². The van der Waals surface area contributed by atoms with E-state index in [1.807, 2.05) is 26.0 Å². The monoisotopic (exact) mass is 451 g/mol. The number of imide groups is 1. The zero-order valence-corrected chi connectivity index (χ0v) is 18.6. The second-order valence-corrected chi connectivity index (χ2v) is 8.09. The van der Waals surface area contributed by atoms with Crippen LogP contribution >= 0.6 is 0 Å². The van der Waals surface area contributed by atoms with E-state index in [0.29, 0.717) is 22.2 Å². The molecule has 1 saturated heterocycles. The number of carbonyl (C=O) groups is 3. The standard InChI is InChI=1S/C26H21N5O3/c1-16-17(2)28-22-15-18(13-14-21(22)27-16)23(32)30-31-24(33)26(29-25(31)34,19-9-5-3-6-10-19)20-11-7-4-8-12-20/h3-15H,1-2H3,(H,29,34)(H,30,32). The third-order valence-corrected chi connectivity index (χ3v) is 5.99. The first-order valence-corrected chi connectivity index (χ1v) is 10.7. The summed E-state index contributed by atoms with van der Waals surface area (Å²) in [4.78, 5) is 48.7. The molecule has 5 rings (SSSR count). The Morgan fingerprint density at radius 1 is 0.824 bits per heavy atom. The Kier molecular flexibility index (Phi) is 5.05. The molecule has 0 atom stereocenters. The first-order valence-electron chi connectivity index (χ1n) is 10.7. The smallest absolute Gasteiger partial charge is 0.314 e. The van der Waals surface area contributed by atoms with E-state index in [1.54, 1.807) is 66.7 Å². The maximum atomic E-state index is 13.7. The minimum atomic E-state index is -1.46. The molecule has 34 heavy (non-hydrogen) atoms. The predicted molar refractivity (Wildman–Crippen MR) is 126 cm³/mol. The van der Waals surface area contributed by atoms with Gasteiger partial charge >= 0.3 is 6.03 Å². The van der Waals surface area contributed by atoms with Crippen LogP contribution in [0.5, 0.6) is 0 Å². The third kappa shape index (κ3) is 3.36. The molecule has 3 aromatic carbocycles. The Hall–Kier alpha value is -4.59. The third-order valence-electron chi connectivity index (χ3n) is 5.99. The van der Waals surface area contributed by atoms with Crippen molar-refractivity contribution in [2.75, 3.05) is 0 Å². The summed E-state index contributed by atoms with van der Waals surface area (Å²) in [6, 6.07) is 22.0. The number of benzene rings is 3. The zero-order chi connectivity index (χ0) is 23.9. The normalized spacial score (nSPS) is 14.8. The number of aryl methyl sites for hydroxylation is 2. The van der Waals surface area contributed by atoms with Gasteiger partial charge in [-0.2, -0.15) is 5.01 Å². The number of hydrogen-bond donors (Lipinski definition) is 2. The Balaban J connectivity index is 1.50. The second kappa shape index (κ2) is 8.08. The topological polar surface area (TPSA) is 104 Å². The average molecular weight is 451 g/mol. The Morgan fingerprint density at radius 2 is 1.38 bits per heavy atom. The van der Waals surface area contributed by atoms with E-state index in [1.165, 1.54) is 0 Å². The molecule has 4 amide bonds. The van der Waals surface area contributed by atoms with Crippen molar-refractivity contribution in [3.8, 4) is 0 Å². The van der Waals surface area contributed by atoms with Crippen molar-refractivity contribution in [2.45, 2.75) is 19.4 Å². The highest BCUT2D eigenvalue weighted by atomic mass is 16.2. The van der Waals surface area contributed by atoms with E-state index < -0.39 is 23.4 Å². The molecule has 0 radical (unpaired) electrons. The number of carbonyl (C=O) groups excluding carboxylic acids is 3. The SMILES string of the molecule is Cc1nc2ccc(C(=O)NN3C(=O)NC(c4ccccc4)(c4ccccc4)C3=O)cc2nc1C. The summed E-state index contributed by atoms with van der Waals surface area (Å²) in [7, 11) is 0. The molecule has 8 nitrogen and oxygen atoms in total. The van der Waals surface area contributed by atoms with Gasteiger partial charge in [0.1, 0.15) is 0 Å². The molecule has 1 fully saturated rings. The van der Waals surface area contributed by atoms with E-state index in [9.17, 15) is 14.4 Å². The highest BCUT2D eigenvalue weighted by Gasteiger charge is 2.54. The van der Waals surface area contributed by atoms with Gasteiger partial charge in [-0.15, -0.1) is 0 Å². The van der Waals surface area contributed by atoms with Crippen LogP contribution in [0.1, 0.15) is 32.9 Å². The molecule has 0 saturated carbocycles. The lowest BCUT2D eigenvalue weighted by atomic mass is 9.83. The van der Waals surface area contributed by atoms with E-state index >= 15 is 0 Å². The van der Waals surface area contributed by atoms with Crippen molar-refractivity contribution in [3.05, 3.63) is 107 Å². The van der Waals surface area contributed by atoms with Crippen LogP contribution in [-0.2, 0) is 10.3 Å². The maximum absolute atomic E-state index is 13.7. The van der Waals surface area contributed by atoms with Gasteiger partial charge in [0.05, 0.1) is 22.4 Å². The van der Waals surface area contributed by atoms with Crippen LogP contribution in [0.15, 0.2) is 78.9 Å². The highest BCUT2D eigenvalue weighted by Crippen LogP contribution is 2.35. The Bertz CT molecular complexity index is 1400. The lowest BCUT2D eigenvalue weighted by Crippen LogP contribution is -2.49. The molecule has 4 aromatic rings. The second-order valence-electron chi connectivity index (χ2n) is 8.09. The molecule has 2 N–H and O–H groups in total. The van der Waals surface area contributed by atoms with Gasteiger partial charge < -0.3 is 5.32 Å². The van der Waals surface area contributed by atoms with Crippen molar-refractivity contribution in [2.24, 2.45) is 0 Å². The predicted octanol–water partition coefficient (Wildman–Crippen LogP) is 3.39. The lowest BCUT2D eigenvalue weighted by Gasteiger charge is -2.27. The highest BCUT2D eigenvalue weighted by molar-refractivity contribution is 6.11. The van der Waals surface area contributed by atoms with Gasteiger partial charge in [0.15, 0.2) is 5.54 Å². The maximum Gasteiger partial charge on any atom is 0.344 e. The molecule has 0 spiro atoms. The number of hydrazine groups is 1. The molecule has 168 valence electrons. The molecule has 2 heterocycles. The van der Waals surface area contributed by atoms with Crippen LogP contribution in [0.3, 0.4) is 0 Å². The van der Waals surface area contributed by atoms with E-state index in [2.05, 4.69) is 20.7 Å². The van der Waals surface area contributed by atoms with Crippen LogP contribution in [-0.4, -0.2) is 32.8 Å². The number of amides is 4. The molecular weight excluding hydrogens is 430 g/mol. The molecule has 1 aromatic heterocycles. The number of nitrogens with one attached hydrogen (secondary N) is 2. The van der Waals surface area contributed by atoms with Crippen molar-refractivity contribution in [1.82, 2.24) is 25.7 Å². The number of urea groups is 1. The van der Waals surface area contributed by atoms with Crippen LogP contribution in [0.25, 0.3) is 11.0 Å². The fraction of sp³-hybridized carbons (Fsp3) is 0.115. The van der Waals surface area contributed by atoms with E-state index in [0.717, 1.165) is 16.4 Å². The Labute approximate surface area is 195 Å². The summed E-state index contributed by atoms with van der Waals surface area (Å²) in [5.74, 6) is -1.21. The van der Waals surface area contributed by atoms with Crippen molar-refractivity contribution < 1.29 is 14.4 Å². The summed E-state index contributed by atoms with van der Waals surface area (Å²) in [5, 5.41) is 3.54. The van der Waals surface area contributed by atoms with Gasteiger partial charge in [-0.1, -0.05) is 60.7 Å². The number of aromatic nitrogens is 2. The van der Waals surface area contributed by atoms with Crippen LogP contribution in [0.4, 0.5) is 4.79 Å². The Morgan fingerprint density at radius 3 is 1.97 bits per heavy atom. The fourth-order valence-corrected chi connectivity index (χ4v) is 4.10. The van der Waals surface area contributed by atoms with Gasteiger partial charge in [-0.25, -0.2) is 14.8 Å². The number of nitrogens with zero attached hydrogens (tertiary/aromatic N) is 3. The van der Waals surface area contributed by atoms with Crippen molar-refractivity contribution in [3.63, 3.8) is 0 Å². The van der Waals surface area contributed by atoms with Crippen LogP contribution < -0.4 is 10.7 Å². The van der Waals surface area contributed by atoms with Gasteiger partial charge in [0.25, 0.3) is 11.8 Å². The minimum Gasteiger partial charge on any atom is -0.314 e. The quantitative estimate of drug-likeness (QED) is 0.463. The summed E-state index contributed by atoms with van der Waals surface area (Å²) >= 11 is 0. The first-order chi connectivity index (χ1) is 16.4. The molecule has 0 unspecified atom stereocenters. The summed E-state index contributed by atoms with van der Waals surface area (Å²) < 4.78 is 0. The lowest BCUT2D eigenvalue weighted by molar-refractivity contribution is -0.131. The molecule has 0 aliphatic carbocycles. The average Bonchev–Trinajstić information content (AvgIpc) is 3.11. The number of rotatable bonds is 4. The summed E-state index contributed by atoms with van der Waals surface area (Å²) in [5.41, 5.74) is 5.20. The first kappa shape index (κ1) is 21.3. The molecule has 8 heteroatoms. The summed E-state index contributed by atoms with van der Waals surface area (Å²) in [6.07, 6.45) is 0. The van der Waals surface area contributed by atoms with Crippen molar-refractivity contribution in [1.29, 1.82) is 0 Å². The van der Waals surface area contributed by atoms with Crippen LogP contribution in [0.2, 0.25) is 0 Å². The number of hydrogen-bond acceptors (Lipinski definition) is 5. The molecule has 1 aliphatic rings. The van der Waals surface area contributed by atoms with Gasteiger partial charge in [-0.05, 0) is 43.2 Å². The summed E-state index contributed by atoms with van der Waals surface area (Å²) in [6.45, 7) is 3.71. The number of fused-ring (bicyclic) bond motifs is 1. The minimum absolute atomic E-state index is 0.252. The fourth-order valence-electron chi connectivity index (χ4n) is 4.10. The van der Waals surface area contributed by atoms with E-state index in [4.69, 9.17) is 0 Å². The largest absolute Gasteiger partial charge is 0.344 e. The molecule has 1 aliphatic heterocycles. The van der Waals surface area contributed by atoms with E-state index in [-0.39, 0.29) is 5.56 Å². The van der Waals surface area contributed by atoms with Gasteiger partial charge in [-0.3, -0.25) is 15.0 Å². The van der Waals surface area contributed by atoms with Crippen molar-refractivity contribution >= 4 is 28.9 Å². The molecule has 0 bridgehead atoms.